The molecule has 1 aliphatic rings. The molecule has 1 unspecified atom stereocenters. The number of rotatable bonds is 3. The lowest BCUT2D eigenvalue weighted by molar-refractivity contribution is 0.0697. The number of aromatic carboxylic acids is 1. The fraction of sp³-hybridized carbons (Fsp3) is 0.455. The van der Waals surface area contributed by atoms with E-state index in [1.807, 2.05) is 0 Å². The molecule has 0 saturated carbocycles. The van der Waals surface area contributed by atoms with Crippen molar-refractivity contribution in [2.24, 2.45) is 0 Å². The lowest BCUT2D eigenvalue weighted by Gasteiger charge is -2.35. The van der Waals surface area contributed by atoms with Gasteiger partial charge in [0, 0.05) is 24.3 Å². The van der Waals surface area contributed by atoms with Gasteiger partial charge in [-0.25, -0.2) is 18.2 Å². The maximum absolute atomic E-state index is 11.9. The van der Waals surface area contributed by atoms with Crippen LogP contribution in [0, 0.1) is 0 Å². The van der Waals surface area contributed by atoms with Crippen molar-refractivity contribution < 1.29 is 18.3 Å². The summed E-state index contributed by atoms with van der Waals surface area (Å²) >= 11 is 7.34. The van der Waals surface area contributed by atoms with Crippen LogP contribution in [0.5, 0.6) is 0 Å². The molecule has 1 N–H and O–H groups in total. The summed E-state index contributed by atoms with van der Waals surface area (Å²) in [6.07, 6.45) is 1.14. The summed E-state index contributed by atoms with van der Waals surface area (Å²) in [5, 5.41) is 8.56. The highest BCUT2D eigenvalue weighted by Crippen LogP contribution is 2.29. The van der Waals surface area contributed by atoms with E-state index in [4.69, 9.17) is 11.6 Å². The van der Waals surface area contributed by atoms with Crippen molar-refractivity contribution in [3.05, 3.63) is 22.8 Å². The Hall–Kier alpha value is -0.990. The molecule has 2 heterocycles. The molecular formula is C11H13ClN2O4S2. The molecule has 0 aromatic carbocycles. The fourth-order valence-electron chi connectivity index (χ4n) is 1.99. The number of hydrogen-bond donors (Lipinski definition) is 1. The summed E-state index contributed by atoms with van der Waals surface area (Å²) in [5.74, 6) is 0.0427. The maximum Gasteiger partial charge on any atom is 0.339 e. The predicted octanol–water partition coefficient (Wildman–Crippen LogP) is 1.36. The second-order valence-corrected chi connectivity index (χ2v) is 8.10. The Labute approximate surface area is 126 Å². The molecule has 1 saturated heterocycles. The highest BCUT2D eigenvalue weighted by atomic mass is 35.5. The van der Waals surface area contributed by atoms with E-state index in [0.717, 1.165) is 6.26 Å². The minimum absolute atomic E-state index is 0.0463. The van der Waals surface area contributed by atoms with E-state index in [1.54, 1.807) is 0 Å². The Morgan fingerprint density at radius 3 is 2.85 bits per heavy atom. The standard InChI is InChI=1S/C11H13ClN2O4S2/c1-20(17,18)9-6-19-5-4-14(9)10-7(11(15)16)2-3-8(12)13-10/h2-3,9H,4-6H2,1H3,(H,15,16). The van der Waals surface area contributed by atoms with Crippen molar-refractivity contribution in [1.82, 2.24) is 4.98 Å². The molecule has 1 atom stereocenters. The number of halogens is 1. The van der Waals surface area contributed by atoms with Gasteiger partial charge in [-0.15, -0.1) is 0 Å². The van der Waals surface area contributed by atoms with Gasteiger partial charge in [-0.1, -0.05) is 11.6 Å². The minimum Gasteiger partial charge on any atom is -0.478 e. The first-order chi connectivity index (χ1) is 9.30. The van der Waals surface area contributed by atoms with Gasteiger partial charge in [-0.2, -0.15) is 11.8 Å². The van der Waals surface area contributed by atoms with Gasteiger partial charge in [-0.3, -0.25) is 0 Å². The molecule has 0 amide bonds. The number of carboxylic acids is 1. The molecule has 0 bridgehead atoms. The highest BCUT2D eigenvalue weighted by molar-refractivity contribution is 8.01. The van der Waals surface area contributed by atoms with Crippen molar-refractivity contribution in [3.63, 3.8) is 0 Å². The normalized spacial score (nSPS) is 19.9. The van der Waals surface area contributed by atoms with Gasteiger partial charge in [0.1, 0.15) is 21.9 Å². The van der Waals surface area contributed by atoms with E-state index in [-0.39, 0.29) is 16.5 Å². The number of hydrogen-bond acceptors (Lipinski definition) is 6. The van der Waals surface area contributed by atoms with Gasteiger partial charge in [0.2, 0.25) is 0 Å². The van der Waals surface area contributed by atoms with Crippen LogP contribution in [0.3, 0.4) is 0 Å². The molecule has 1 aliphatic heterocycles. The first-order valence-electron chi connectivity index (χ1n) is 5.74. The third-order valence-corrected chi connectivity index (χ3v) is 5.78. The molecule has 9 heteroatoms. The molecule has 2 rings (SSSR count). The van der Waals surface area contributed by atoms with Crippen molar-refractivity contribution >= 4 is 45.0 Å². The molecule has 0 aliphatic carbocycles. The minimum atomic E-state index is -3.35. The summed E-state index contributed by atoms with van der Waals surface area (Å²) in [5.41, 5.74) is -0.0463. The molecule has 1 aromatic rings. The number of carboxylic acid groups (broad SMARTS) is 1. The Balaban J connectivity index is 2.52. The second-order valence-electron chi connectivity index (χ2n) is 4.36. The van der Waals surface area contributed by atoms with Crippen molar-refractivity contribution in [2.45, 2.75) is 5.37 Å². The third-order valence-electron chi connectivity index (χ3n) is 2.92. The number of carbonyl (C=O) groups is 1. The SMILES string of the molecule is CS(=O)(=O)C1CSCCN1c1nc(Cl)ccc1C(=O)O. The van der Waals surface area contributed by atoms with Crippen LogP contribution in [-0.2, 0) is 9.84 Å². The first kappa shape index (κ1) is 15.4. The van der Waals surface area contributed by atoms with Gasteiger partial charge < -0.3 is 10.0 Å². The Morgan fingerprint density at radius 1 is 1.55 bits per heavy atom. The second kappa shape index (κ2) is 5.79. The molecule has 6 nitrogen and oxygen atoms in total. The maximum atomic E-state index is 11.9. The van der Waals surface area contributed by atoms with Crippen molar-refractivity contribution in [2.75, 3.05) is 29.2 Å². The van der Waals surface area contributed by atoms with E-state index < -0.39 is 21.2 Å². The monoisotopic (exact) mass is 336 g/mol. The van der Waals surface area contributed by atoms with Gasteiger partial charge in [0.25, 0.3) is 0 Å². The number of pyridine rings is 1. The van der Waals surface area contributed by atoms with E-state index in [9.17, 15) is 18.3 Å². The summed E-state index contributed by atoms with van der Waals surface area (Å²) in [4.78, 5) is 16.8. The average molecular weight is 337 g/mol. The summed E-state index contributed by atoms with van der Waals surface area (Å²) in [7, 11) is -3.35. The molecular weight excluding hydrogens is 324 g/mol. The van der Waals surface area contributed by atoms with E-state index >= 15 is 0 Å². The first-order valence-corrected chi connectivity index (χ1v) is 9.22. The Bertz CT molecular complexity index is 635. The van der Waals surface area contributed by atoms with Gasteiger partial charge in [-0.05, 0) is 12.1 Å². The predicted molar refractivity (Wildman–Crippen MR) is 79.5 cm³/mol. The lowest BCUT2D eigenvalue weighted by Crippen LogP contribution is -2.48. The molecule has 0 spiro atoms. The lowest BCUT2D eigenvalue weighted by atomic mass is 10.2. The summed E-state index contributed by atoms with van der Waals surface area (Å²) in [6.45, 7) is 0.413. The summed E-state index contributed by atoms with van der Waals surface area (Å²) < 4.78 is 23.7. The zero-order chi connectivity index (χ0) is 14.9. The quantitative estimate of drug-likeness (QED) is 0.834. The Morgan fingerprint density at radius 2 is 2.25 bits per heavy atom. The van der Waals surface area contributed by atoms with Crippen LogP contribution in [0.1, 0.15) is 10.4 Å². The fourth-order valence-corrected chi connectivity index (χ4v) is 4.95. The van der Waals surface area contributed by atoms with Crippen LogP contribution < -0.4 is 4.90 Å². The Kier molecular flexibility index (Phi) is 4.46. The molecule has 0 radical (unpaired) electrons. The zero-order valence-corrected chi connectivity index (χ0v) is 13.0. The topological polar surface area (TPSA) is 87.6 Å². The number of anilines is 1. The number of nitrogens with zero attached hydrogens (tertiary/aromatic N) is 2. The van der Waals surface area contributed by atoms with E-state index in [1.165, 1.54) is 28.8 Å². The smallest absolute Gasteiger partial charge is 0.339 e. The molecule has 1 aromatic heterocycles. The van der Waals surface area contributed by atoms with Gasteiger partial charge in [0.05, 0.1) is 0 Å². The van der Waals surface area contributed by atoms with Gasteiger partial charge >= 0.3 is 5.97 Å². The van der Waals surface area contributed by atoms with Crippen LogP contribution in [0.4, 0.5) is 5.82 Å². The van der Waals surface area contributed by atoms with Crippen LogP contribution in [0.25, 0.3) is 0 Å². The molecule has 1 fully saturated rings. The van der Waals surface area contributed by atoms with Crippen LogP contribution >= 0.6 is 23.4 Å². The van der Waals surface area contributed by atoms with Gasteiger partial charge in [0.15, 0.2) is 9.84 Å². The zero-order valence-electron chi connectivity index (χ0n) is 10.6. The van der Waals surface area contributed by atoms with Crippen LogP contribution in [0.2, 0.25) is 5.15 Å². The number of aromatic nitrogens is 1. The van der Waals surface area contributed by atoms with Crippen LogP contribution in [-0.4, -0.2) is 54.2 Å². The number of thioether (sulfide) groups is 1. The summed E-state index contributed by atoms with van der Waals surface area (Å²) in [6, 6.07) is 2.72. The van der Waals surface area contributed by atoms with E-state index in [2.05, 4.69) is 4.98 Å². The molecule has 110 valence electrons. The average Bonchev–Trinajstić information content (AvgIpc) is 2.37. The molecule has 20 heavy (non-hydrogen) atoms. The van der Waals surface area contributed by atoms with E-state index in [0.29, 0.717) is 18.1 Å². The number of sulfone groups is 1. The highest BCUT2D eigenvalue weighted by Gasteiger charge is 2.34. The van der Waals surface area contributed by atoms with Crippen molar-refractivity contribution in [1.29, 1.82) is 0 Å². The van der Waals surface area contributed by atoms with Crippen molar-refractivity contribution in [3.8, 4) is 0 Å². The van der Waals surface area contributed by atoms with Crippen LogP contribution in [0.15, 0.2) is 12.1 Å². The largest absolute Gasteiger partial charge is 0.478 e. The third kappa shape index (κ3) is 3.18.